The van der Waals surface area contributed by atoms with Gasteiger partial charge in [0, 0.05) is 23.4 Å². The summed E-state index contributed by atoms with van der Waals surface area (Å²) in [5.74, 6) is -1.22. The number of methoxy groups -OCH3 is 1. The number of likely N-dealkylation sites (N-methyl/N-ethyl adjacent to an activating group) is 1. The first-order valence-electron chi connectivity index (χ1n) is 8.17. The van der Waals surface area contributed by atoms with Crippen molar-refractivity contribution < 1.29 is 19.1 Å². The number of fused-ring (bicyclic) bond motifs is 2. The van der Waals surface area contributed by atoms with Gasteiger partial charge in [0.25, 0.3) is 0 Å². The number of hydrogen-bond acceptors (Lipinski definition) is 6. The van der Waals surface area contributed by atoms with Gasteiger partial charge in [-0.25, -0.2) is 4.79 Å². The molecule has 1 aromatic carbocycles. The molecule has 3 rings (SSSR count). The average Bonchev–Trinajstić information content (AvgIpc) is 2.91. The fraction of sp³-hybridized carbons (Fsp3) is 0.529. The van der Waals surface area contributed by atoms with Gasteiger partial charge in [-0.2, -0.15) is 0 Å². The van der Waals surface area contributed by atoms with Crippen LogP contribution in [0.2, 0.25) is 0 Å². The maximum atomic E-state index is 12.6. The third-order valence-corrected chi connectivity index (χ3v) is 5.31. The summed E-state index contributed by atoms with van der Waals surface area (Å²) in [5.41, 5.74) is 7.91. The van der Waals surface area contributed by atoms with Gasteiger partial charge in [-0.05, 0) is 37.6 Å². The van der Waals surface area contributed by atoms with Crippen LogP contribution in [0.5, 0.6) is 0 Å². The maximum absolute atomic E-state index is 12.6. The zero-order chi connectivity index (χ0) is 18.0. The summed E-state index contributed by atoms with van der Waals surface area (Å²) >= 11 is 0. The van der Waals surface area contributed by atoms with E-state index in [9.17, 15) is 9.59 Å². The van der Waals surface area contributed by atoms with Crippen molar-refractivity contribution in [2.75, 3.05) is 14.2 Å². The molecule has 0 aliphatic carbocycles. The number of azide groups is 1. The van der Waals surface area contributed by atoms with Crippen LogP contribution in [0.1, 0.15) is 29.6 Å². The molecule has 8 nitrogen and oxygen atoms in total. The van der Waals surface area contributed by atoms with Crippen molar-refractivity contribution in [2.45, 2.75) is 43.0 Å². The van der Waals surface area contributed by atoms with E-state index in [1.54, 1.807) is 30.3 Å². The Bertz CT molecular complexity index is 719. The Balaban J connectivity index is 1.99. The van der Waals surface area contributed by atoms with E-state index in [1.165, 1.54) is 7.11 Å². The molecule has 0 unspecified atom stereocenters. The molecule has 0 saturated carbocycles. The summed E-state index contributed by atoms with van der Waals surface area (Å²) < 4.78 is 10.6. The normalized spacial score (nSPS) is 31.0. The van der Waals surface area contributed by atoms with E-state index in [4.69, 9.17) is 15.0 Å². The van der Waals surface area contributed by atoms with E-state index < -0.39 is 23.6 Å². The standard InChI is InChI=1S/C17H20N4O4/c1-21-12-8-9-13(21)17(19-20-18,16(23)24-2)14(10-12)25-15(22)11-6-4-3-5-7-11/h3-7,12-14H,8-10H2,1-2H3/t12-,13+,14+,17-/m1/s1. The van der Waals surface area contributed by atoms with Crippen LogP contribution in [-0.2, 0) is 14.3 Å². The highest BCUT2D eigenvalue weighted by Crippen LogP contribution is 2.45. The van der Waals surface area contributed by atoms with Gasteiger partial charge < -0.3 is 9.47 Å². The van der Waals surface area contributed by atoms with Crippen molar-refractivity contribution in [2.24, 2.45) is 5.11 Å². The van der Waals surface area contributed by atoms with Crippen LogP contribution < -0.4 is 0 Å². The number of rotatable bonds is 4. The molecule has 2 bridgehead atoms. The molecule has 0 N–H and O–H groups in total. The molecule has 1 aromatic rings. The molecule has 25 heavy (non-hydrogen) atoms. The van der Waals surface area contributed by atoms with Crippen LogP contribution in [0.4, 0.5) is 0 Å². The number of piperidine rings is 1. The van der Waals surface area contributed by atoms with Crippen LogP contribution >= 0.6 is 0 Å². The van der Waals surface area contributed by atoms with Gasteiger partial charge in [0.2, 0.25) is 0 Å². The number of hydrogen-bond donors (Lipinski definition) is 0. The molecule has 2 fully saturated rings. The molecular formula is C17H20N4O4. The Morgan fingerprint density at radius 2 is 2.04 bits per heavy atom. The molecule has 2 heterocycles. The fourth-order valence-electron chi connectivity index (χ4n) is 4.05. The minimum absolute atomic E-state index is 0.172. The van der Waals surface area contributed by atoms with E-state index in [0.29, 0.717) is 18.4 Å². The zero-order valence-corrected chi connectivity index (χ0v) is 14.2. The molecule has 0 amide bonds. The van der Waals surface area contributed by atoms with Gasteiger partial charge in [-0.3, -0.25) is 9.69 Å². The number of esters is 2. The van der Waals surface area contributed by atoms with Crippen molar-refractivity contribution in [3.8, 4) is 0 Å². The summed E-state index contributed by atoms with van der Waals surface area (Å²) in [7, 11) is 3.14. The first kappa shape index (κ1) is 17.3. The smallest absolute Gasteiger partial charge is 0.338 e. The van der Waals surface area contributed by atoms with Crippen LogP contribution in [0.3, 0.4) is 0 Å². The van der Waals surface area contributed by atoms with Gasteiger partial charge in [0.15, 0.2) is 5.54 Å². The van der Waals surface area contributed by atoms with E-state index in [1.807, 2.05) is 11.9 Å². The third kappa shape index (κ3) is 2.73. The van der Waals surface area contributed by atoms with Crippen LogP contribution in [-0.4, -0.2) is 54.7 Å². The molecule has 2 saturated heterocycles. The number of ether oxygens (including phenoxy) is 2. The number of carbonyl (C=O) groups excluding carboxylic acids is 2. The third-order valence-electron chi connectivity index (χ3n) is 5.31. The lowest BCUT2D eigenvalue weighted by Crippen LogP contribution is -2.66. The first-order valence-corrected chi connectivity index (χ1v) is 8.17. The minimum atomic E-state index is -1.57. The average molecular weight is 344 g/mol. The SMILES string of the molecule is COC(=O)[C@]1(N=[N+]=[N-])[C@@H](OC(=O)c2ccccc2)C[C@H]2CC[C@@H]1N2C. The van der Waals surface area contributed by atoms with Gasteiger partial charge in [0.05, 0.1) is 12.7 Å². The van der Waals surface area contributed by atoms with Crippen molar-refractivity contribution >= 4 is 11.9 Å². The maximum Gasteiger partial charge on any atom is 0.338 e. The van der Waals surface area contributed by atoms with Crippen molar-refractivity contribution in [1.29, 1.82) is 0 Å². The fourth-order valence-corrected chi connectivity index (χ4v) is 4.05. The van der Waals surface area contributed by atoms with Crippen LogP contribution in [0.25, 0.3) is 10.4 Å². The van der Waals surface area contributed by atoms with Crippen molar-refractivity contribution in [3.05, 3.63) is 46.3 Å². The Labute approximate surface area is 145 Å². The summed E-state index contributed by atoms with van der Waals surface area (Å²) in [6.07, 6.45) is 1.08. The van der Waals surface area contributed by atoms with Gasteiger partial charge in [-0.1, -0.05) is 23.3 Å². The lowest BCUT2D eigenvalue weighted by molar-refractivity contribution is -0.159. The summed E-state index contributed by atoms with van der Waals surface area (Å²) in [6, 6.07) is 8.35. The predicted octanol–water partition coefficient (Wildman–Crippen LogP) is 2.30. The molecule has 0 spiro atoms. The molecule has 0 aromatic heterocycles. The molecule has 0 radical (unpaired) electrons. The Hall–Kier alpha value is -2.57. The Morgan fingerprint density at radius 3 is 2.68 bits per heavy atom. The monoisotopic (exact) mass is 344 g/mol. The molecule has 2 aliphatic heterocycles. The molecule has 132 valence electrons. The van der Waals surface area contributed by atoms with Crippen molar-refractivity contribution in [3.63, 3.8) is 0 Å². The summed E-state index contributed by atoms with van der Waals surface area (Å²) in [5, 5.41) is 3.83. The number of nitrogens with zero attached hydrogens (tertiary/aromatic N) is 4. The molecule has 2 aliphatic rings. The highest BCUT2D eigenvalue weighted by molar-refractivity contribution is 5.90. The van der Waals surface area contributed by atoms with Crippen LogP contribution in [0, 0.1) is 0 Å². The van der Waals surface area contributed by atoms with E-state index in [2.05, 4.69) is 10.0 Å². The predicted molar refractivity (Wildman–Crippen MR) is 88.7 cm³/mol. The van der Waals surface area contributed by atoms with Crippen LogP contribution in [0.15, 0.2) is 35.4 Å². The molecular weight excluding hydrogens is 324 g/mol. The van der Waals surface area contributed by atoms with E-state index >= 15 is 0 Å². The Morgan fingerprint density at radius 1 is 1.32 bits per heavy atom. The topological polar surface area (TPSA) is 105 Å². The number of carbonyl (C=O) groups is 2. The van der Waals surface area contributed by atoms with Gasteiger partial charge in [0.1, 0.15) is 6.10 Å². The second-order valence-corrected chi connectivity index (χ2v) is 6.41. The lowest BCUT2D eigenvalue weighted by atomic mass is 9.80. The summed E-state index contributed by atoms with van der Waals surface area (Å²) in [4.78, 5) is 30.1. The van der Waals surface area contributed by atoms with Gasteiger partial charge >= 0.3 is 11.9 Å². The molecule has 8 heteroatoms. The molecule has 4 atom stereocenters. The van der Waals surface area contributed by atoms with Crippen molar-refractivity contribution in [1.82, 2.24) is 4.90 Å². The summed E-state index contributed by atoms with van der Waals surface area (Å²) in [6.45, 7) is 0. The van der Waals surface area contributed by atoms with Gasteiger partial charge in [-0.15, -0.1) is 0 Å². The quantitative estimate of drug-likeness (QED) is 0.361. The second kappa shape index (κ2) is 6.74. The Kier molecular flexibility index (Phi) is 4.65. The zero-order valence-electron chi connectivity index (χ0n) is 14.2. The van der Waals surface area contributed by atoms with E-state index in [0.717, 1.165) is 6.42 Å². The number of benzene rings is 1. The highest BCUT2D eigenvalue weighted by Gasteiger charge is 2.62. The van der Waals surface area contributed by atoms with E-state index in [-0.39, 0.29) is 12.1 Å². The lowest BCUT2D eigenvalue weighted by Gasteiger charge is -2.46. The minimum Gasteiger partial charge on any atom is -0.468 e. The first-order chi connectivity index (χ1) is 12.0. The highest BCUT2D eigenvalue weighted by atomic mass is 16.6. The second-order valence-electron chi connectivity index (χ2n) is 6.41. The largest absolute Gasteiger partial charge is 0.468 e.